The van der Waals surface area contributed by atoms with Gasteiger partial charge >= 0.3 is 0 Å². The quantitative estimate of drug-likeness (QED) is 0.842. The van der Waals surface area contributed by atoms with Crippen LogP contribution in [0, 0.1) is 6.92 Å². The van der Waals surface area contributed by atoms with Crippen LogP contribution in [0.1, 0.15) is 42.7 Å². The van der Waals surface area contributed by atoms with E-state index in [1.54, 1.807) is 18.4 Å². The summed E-state index contributed by atoms with van der Waals surface area (Å²) < 4.78 is 31.8. The lowest BCUT2D eigenvalue weighted by Gasteiger charge is -2.21. The van der Waals surface area contributed by atoms with E-state index in [1.165, 1.54) is 4.41 Å². The van der Waals surface area contributed by atoms with Gasteiger partial charge in [0.2, 0.25) is 0 Å². The van der Waals surface area contributed by atoms with Crippen molar-refractivity contribution in [2.24, 2.45) is 5.10 Å². The Bertz CT molecular complexity index is 793. The average molecular weight is 332 g/mol. The molecule has 0 spiro atoms. The van der Waals surface area contributed by atoms with E-state index < -0.39 is 16.1 Å². The van der Waals surface area contributed by atoms with E-state index in [-0.39, 0.29) is 5.75 Å². The maximum atomic E-state index is 12.5. The van der Waals surface area contributed by atoms with Crippen molar-refractivity contribution in [3.63, 3.8) is 0 Å². The van der Waals surface area contributed by atoms with Crippen molar-refractivity contribution in [1.82, 2.24) is 4.41 Å². The molecule has 1 aliphatic rings. The lowest BCUT2D eigenvalue weighted by atomic mass is 10.0. The Morgan fingerprint density at radius 2 is 2.00 bits per heavy atom. The van der Waals surface area contributed by atoms with Crippen LogP contribution in [0.2, 0.25) is 0 Å². The van der Waals surface area contributed by atoms with Crippen LogP contribution in [-0.2, 0) is 10.0 Å². The standard InChI is InChI=1S/C17H20N2O3S/c1-3-11-23(20,21)19-16(17-5-4-10-22-17)12-15(18-19)14-8-6-13(2)7-9-14/h4-10,16H,3,11-12H2,1-2H3/t16-/m0/s1. The molecule has 6 heteroatoms. The molecule has 1 aromatic carbocycles. The SMILES string of the molecule is CCCS(=O)(=O)N1N=C(c2ccc(C)cc2)C[C@H]1c1ccco1. The fraction of sp³-hybridized carbons (Fsp3) is 0.353. The van der Waals surface area contributed by atoms with E-state index >= 15 is 0 Å². The van der Waals surface area contributed by atoms with Crippen LogP contribution in [0.25, 0.3) is 0 Å². The van der Waals surface area contributed by atoms with Crippen molar-refractivity contribution < 1.29 is 12.8 Å². The van der Waals surface area contributed by atoms with Crippen LogP contribution in [0.4, 0.5) is 0 Å². The molecule has 5 nitrogen and oxygen atoms in total. The zero-order chi connectivity index (χ0) is 16.4. The summed E-state index contributed by atoms with van der Waals surface area (Å²) in [5, 5.41) is 4.42. The maximum Gasteiger partial charge on any atom is 0.250 e. The van der Waals surface area contributed by atoms with E-state index in [0.29, 0.717) is 18.6 Å². The smallest absolute Gasteiger partial charge is 0.250 e. The summed E-state index contributed by atoms with van der Waals surface area (Å²) in [6.07, 6.45) is 2.63. The second-order valence-corrected chi connectivity index (χ2v) is 7.68. The normalized spacial score (nSPS) is 18.3. The number of sulfonamides is 1. The molecule has 1 aliphatic heterocycles. The van der Waals surface area contributed by atoms with Crippen molar-refractivity contribution in [2.45, 2.75) is 32.7 Å². The minimum absolute atomic E-state index is 0.0783. The van der Waals surface area contributed by atoms with Gasteiger partial charge in [0.15, 0.2) is 0 Å². The van der Waals surface area contributed by atoms with Gasteiger partial charge in [0.05, 0.1) is 17.7 Å². The number of furan rings is 1. The molecular weight excluding hydrogens is 312 g/mol. The highest BCUT2D eigenvalue weighted by Gasteiger charge is 2.37. The molecule has 0 N–H and O–H groups in total. The molecule has 0 saturated heterocycles. The van der Waals surface area contributed by atoms with Crippen molar-refractivity contribution in [2.75, 3.05) is 5.75 Å². The van der Waals surface area contributed by atoms with Crippen molar-refractivity contribution >= 4 is 15.7 Å². The van der Waals surface area contributed by atoms with Crippen LogP contribution in [-0.4, -0.2) is 24.3 Å². The first kappa shape index (κ1) is 15.8. The van der Waals surface area contributed by atoms with Crippen molar-refractivity contribution in [3.05, 3.63) is 59.5 Å². The first-order chi connectivity index (χ1) is 11.0. The van der Waals surface area contributed by atoms with Crippen LogP contribution in [0.15, 0.2) is 52.2 Å². The van der Waals surface area contributed by atoms with Gasteiger partial charge in [-0.1, -0.05) is 36.8 Å². The van der Waals surface area contributed by atoms with Crippen molar-refractivity contribution in [1.29, 1.82) is 0 Å². The summed E-state index contributed by atoms with van der Waals surface area (Å²) in [4.78, 5) is 0. The molecule has 0 amide bonds. The molecule has 3 rings (SSSR count). The first-order valence-electron chi connectivity index (χ1n) is 7.71. The minimum atomic E-state index is -3.45. The Morgan fingerprint density at radius 1 is 1.26 bits per heavy atom. The highest BCUT2D eigenvalue weighted by atomic mass is 32.2. The number of hydrogen-bond acceptors (Lipinski definition) is 4. The second-order valence-electron chi connectivity index (χ2n) is 5.74. The summed E-state index contributed by atoms with van der Waals surface area (Å²) in [5.41, 5.74) is 2.87. The average Bonchev–Trinajstić information content (AvgIpc) is 3.17. The number of aryl methyl sites for hydroxylation is 1. The Kier molecular flexibility index (Phi) is 4.26. The predicted molar refractivity (Wildman–Crippen MR) is 89.7 cm³/mol. The molecule has 2 aromatic rings. The van der Waals surface area contributed by atoms with E-state index in [9.17, 15) is 8.42 Å². The molecule has 0 saturated carbocycles. The molecule has 122 valence electrons. The molecule has 0 bridgehead atoms. The molecule has 1 atom stereocenters. The van der Waals surface area contributed by atoms with Gasteiger partial charge in [-0.2, -0.15) is 9.52 Å². The predicted octanol–water partition coefficient (Wildman–Crippen LogP) is 3.48. The van der Waals surface area contributed by atoms with E-state index in [0.717, 1.165) is 16.8 Å². The fourth-order valence-corrected chi connectivity index (χ4v) is 4.20. The van der Waals surface area contributed by atoms with Gasteiger partial charge in [-0.3, -0.25) is 0 Å². The topological polar surface area (TPSA) is 62.9 Å². The number of rotatable bonds is 5. The monoisotopic (exact) mass is 332 g/mol. The third kappa shape index (κ3) is 3.17. The molecule has 0 aliphatic carbocycles. The molecular formula is C17H20N2O3S. The summed E-state index contributed by atoms with van der Waals surface area (Å²) in [6.45, 7) is 3.87. The Balaban J connectivity index is 1.98. The Morgan fingerprint density at radius 3 is 2.61 bits per heavy atom. The molecule has 2 heterocycles. The molecule has 0 radical (unpaired) electrons. The molecule has 23 heavy (non-hydrogen) atoms. The summed E-state index contributed by atoms with van der Waals surface area (Å²) in [7, 11) is -3.45. The Labute approximate surface area is 136 Å². The van der Waals surface area contributed by atoms with E-state index in [4.69, 9.17) is 4.42 Å². The van der Waals surface area contributed by atoms with Gasteiger partial charge in [0.1, 0.15) is 11.8 Å². The van der Waals surface area contributed by atoms with Crippen LogP contribution in [0.3, 0.4) is 0 Å². The van der Waals surface area contributed by atoms with Gasteiger partial charge in [-0.25, -0.2) is 8.42 Å². The highest BCUT2D eigenvalue weighted by molar-refractivity contribution is 7.89. The minimum Gasteiger partial charge on any atom is -0.467 e. The third-order valence-corrected chi connectivity index (χ3v) is 5.71. The first-order valence-corrected chi connectivity index (χ1v) is 9.32. The zero-order valence-electron chi connectivity index (χ0n) is 13.3. The summed E-state index contributed by atoms with van der Waals surface area (Å²) in [6, 6.07) is 11.1. The third-order valence-electron chi connectivity index (χ3n) is 3.88. The zero-order valence-corrected chi connectivity index (χ0v) is 14.1. The van der Waals surface area contributed by atoms with Gasteiger partial charge in [-0.15, -0.1) is 0 Å². The number of nitrogens with zero attached hydrogens (tertiary/aromatic N) is 2. The van der Waals surface area contributed by atoms with Gasteiger partial charge in [0.25, 0.3) is 10.0 Å². The number of hydrogen-bond donors (Lipinski definition) is 0. The lowest BCUT2D eigenvalue weighted by Crippen LogP contribution is -2.29. The largest absolute Gasteiger partial charge is 0.467 e. The second kappa shape index (κ2) is 6.20. The van der Waals surface area contributed by atoms with Crippen LogP contribution >= 0.6 is 0 Å². The summed E-state index contributed by atoms with van der Waals surface area (Å²) >= 11 is 0. The van der Waals surface area contributed by atoms with Crippen LogP contribution < -0.4 is 0 Å². The molecule has 0 unspecified atom stereocenters. The lowest BCUT2D eigenvalue weighted by molar-refractivity contribution is 0.320. The maximum absolute atomic E-state index is 12.5. The molecule has 0 fully saturated rings. The van der Waals surface area contributed by atoms with E-state index in [1.807, 2.05) is 38.1 Å². The van der Waals surface area contributed by atoms with Gasteiger partial charge < -0.3 is 4.42 Å². The van der Waals surface area contributed by atoms with Gasteiger partial charge in [0, 0.05) is 6.42 Å². The van der Waals surface area contributed by atoms with Gasteiger partial charge in [-0.05, 0) is 31.0 Å². The Hall–Kier alpha value is -2.08. The van der Waals surface area contributed by atoms with E-state index in [2.05, 4.69) is 5.10 Å². The molecule has 1 aromatic heterocycles. The number of hydrazone groups is 1. The van der Waals surface area contributed by atoms with Crippen LogP contribution in [0.5, 0.6) is 0 Å². The number of benzene rings is 1. The van der Waals surface area contributed by atoms with Crippen molar-refractivity contribution in [3.8, 4) is 0 Å². The highest BCUT2D eigenvalue weighted by Crippen LogP contribution is 2.35. The summed E-state index contributed by atoms with van der Waals surface area (Å²) in [5.74, 6) is 0.699. The fourth-order valence-electron chi connectivity index (χ4n) is 2.71.